The van der Waals surface area contributed by atoms with E-state index in [4.69, 9.17) is 139 Å². The number of hydrogen-bond donors (Lipinski definition) is 0. The lowest BCUT2D eigenvalue weighted by Crippen LogP contribution is -2.80. The van der Waals surface area contributed by atoms with E-state index >= 15 is 0 Å². The second kappa shape index (κ2) is 25.4. The summed E-state index contributed by atoms with van der Waals surface area (Å²) in [5, 5.41) is 7.12. The molecule has 0 fully saturated rings. The quantitative estimate of drug-likeness (QED) is 0.0645. The SMILES string of the molecule is [B][B]B([B])B(B([B])[B])c1c(B(B([B])[B])B([B])[B])c(B([B][B])B([B])[B])c(B([B])B([B])[B])c2c(B([B])[B][B])c(-c3c4c(C)c(C)c(C)c(C)c4c(C)c4c(-c5c(C)c(C)c(C)c6c(C)c(C)c(C)c(C)c56)c(C)c(C)c(C)c34)c([B][B])c([B])c12. The minimum absolute atomic E-state index is 0.132. The van der Waals surface area contributed by atoms with Gasteiger partial charge in [0.25, 0.3) is 0 Å². The fourth-order valence-corrected chi connectivity index (χ4v) is 14.2. The van der Waals surface area contributed by atoms with E-state index in [1.807, 2.05) is 0 Å². The first-order valence-corrected chi connectivity index (χ1v) is 28.2. The van der Waals surface area contributed by atoms with Gasteiger partial charge in [0.05, 0.1) is 39.6 Å². The van der Waals surface area contributed by atoms with E-state index in [2.05, 4.69) is 104 Å². The van der Waals surface area contributed by atoms with Crippen molar-refractivity contribution in [1.29, 1.82) is 0 Å². The molecule has 0 amide bonds. The van der Waals surface area contributed by atoms with E-state index in [1.54, 1.807) is 0 Å². The van der Waals surface area contributed by atoms with Crippen molar-refractivity contribution in [2.75, 3.05) is 0 Å². The van der Waals surface area contributed by atoms with Gasteiger partial charge in [-0.2, -0.15) is 0 Å². The third-order valence-corrected chi connectivity index (χ3v) is 19.6. The molecule has 7 rings (SSSR count). The Hall–Kier alpha value is -2.28. The molecule has 0 aliphatic carbocycles. The minimum Gasteiger partial charge on any atom is -0.113 e. The lowest BCUT2D eigenvalue weighted by Gasteiger charge is -2.42. The molecule has 7 aromatic rings. The molecular weight excluding hydrogens is 945 g/mol. The molecule has 82 heavy (non-hydrogen) atoms. The maximum absolute atomic E-state index is 8.00. The van der Waals surface area contributed by atoms with Gasteiger partial charge >= 0.3 is 0 Å². The molecule has 0 saturated heterocycles. The minimum atomic E-state index is -1.28. The average molecular weight is 991 g/mol. The number of rotatable bonds is 17. The van der Waals surface area contributed by atoms with Gasteiger partial charge in [0.15, 0.2) is 0 Å². The molecular formula is C49H45B33. The van der Waals surface area contributed by atoms with Crippen molar-refractivity contribution in [3.05, 3.63) is 83.5 Å². The summed E-state index contributed by atoms with van der Waals surface area (Å²) < 4.78 is 0. The third-order valence-electron chi connectivity index (χ3n) is 19.6. The molecule has 0 atom stereocenters. The van der Waals surface area contributed by atoms with Gasteiger partial charge in [-0.3, -0.25) is 0 Å². The molecule has 0 spiro atoms. The predicted octanol–water partition coefficient (Wildman–Crippen LogP) is -4.08. The second-order valence-corrected chi connectivity index (χ2v) is 23.6. The van der Waals surface area contributed by atoms with Gasteiger partial charge < -0.3 is 0 Å². The van der Waals surface area contributed by atoms with Crippen LogP contribution in [-0.4, -0.2) is 239 Å². The smallest absolute Gasteiger partial charge is 0.113 e. The molecule has 7 aromatic carbocycles. The molecule has 0 saturated carbocycles. The molecule has 40 radical (unpaired) electrons. The zero-order valence-corrected chi connectivity index (χ0v) is 51.1. The Morgan fingerprint density at radius 2 is 0.659 bits per heavy atom. The lowest BCUT2D eigenvalue weighted by molar-refractivity contribution is 1.22. The summed E-state index contributed by atoms with van der Waals surface area (Å²) in [7, 11) is 131. The number of benzene rings is 7. The highest BCUT2D eigenvalue weighted by Crippen LogP contribution is 2.52. The summed E-state index contributed by atoms with van der Waals surface area (Å²) in [5.74, 6) is 0. The first kappa shape index (κ1) is 67.2. The van der Waals surface area contributed by atoms with Crippen LogP contribution in [-0.2, 0) is 0 Å². The predicted molar refractivity (Wildman–Crippen MR) is 406 cm³/mol. The summed E-state index contributed by atoms with van der Waals surface area (Å²) in [6, 6.07) is 0. The van der Waals surface area contributed by atoms with Crippen molar-refractivity contribution in [3.63, 3.8) is 0 Å². The molecule has 0 heterocycles. The van der Waals surface area contributed by atoms with Crippen LogP contribution in [0.25, 0.3) is 65.3 Å². The highest BCUT2D eigenvalue weighted by Gasteiger charge is 2.42. The van der Waals surface area contributed by atoms with Crippen LogP contribution in [0.4, 0.5) is 0 Å². The van der Waals surface area contributed by atoms with Gasteiger partial charge in [0.1, 0.15) is 7.85 Å². The molecule has 0 aromatic heterocycles. The van der Waals surface area contributed by atoms with Gasteiger partial charge in [0.2, 0.25) is 0 Å². The lowest BCUT2D eigenvalue weighted by atomic mass is 8.66. The van der Waals surface area contributed by atoms with E-state index in [-0.39, 0.29) is 27.2 Å². The van der Waals surface area contributed by atoms with Crippen LogP contribution in [0, 0.1) is 104 Å². The second-order valence-electron chi connectivity index (χ2n) is 23.6. The van der Waals surface area contributed by atoms with E-state index in [0.717, 1.165) is 77.2 Å². The van der Waals surface area contributed by atoms with Gasteiger partial charge in [-0.15, -0.1) is 10.9 Å². The normalized spacial score (nSPS) is 11.3. The fraction of sp³-hybridized carbons (Fsp3) is 0.306. The molecule has 33 heteroatoms. The van der Waals surface area contributed by atoms with Crippen molar-refractivity contribution in [2.24, 2.45) is 0 Å². The van der Waals surface area contributed by atoms with Crippen LogP contribution in [0.2, 0.25) is 0 Å². The Balaban J connectivity index is 2.07. The number of hydrogen-bond acceptors (Lipinski definition) is 0. The van der Waals surface area contributed by atoms with E-state index in [0.29, 0.717) is 27.3 Å². The van der Waals surface area contributed by atoms with Crippen LogP contribution in [0.3, 0.4) is 0 Å². The van der Waals surface area contributed by atoms with Crippen LogP contribution in [0.5, 0.6) is 0 Å². The van der Waals surface area contributed by atoms with Crippen LogP contribution in [0.1, 0.15) is 83.5 Å². The van der Waals surface area contributed by atoms with Gasteiger partial charge in [-0.05, 0) is 253 Å². The van der Waals surface area contributed by atoms with Crippen LogP contribution < -0.4 is 38.2 Å². The standard InChI is InChI=1S/C49H45B33/c1-16-18(3)25(10)33-31(22(16)7)24(9)20(5)27(12)35(33)36-28(13)21(6)29(14)37-38(36)30(15)32-23(8)17(2)19(4)26(11)34(32)39(37)41-44(68-51)43(50)40-42(45(41)72(55)69-52)46(73(56)77(57)58)48(74(70-53)78(59)60)49(75(79(61)62)80(63)64)47(40)76(81(65)66)82(67)71-54/h1-15H3. The maximum atomic E-state index is 8.00. The Morgan fingerprint density at radius 1 is 0.280 bits per heavy atom. The van der Waals surface area contributed by atoms with E-state index < -0.39 is 70.8 Å². The topological polar surface area (TPSA) is 0 Å². The third kappa shape index (κ3) is 10.4. The highest BCUT2D eigenvalue weighted by atomic mass is 14.3. The van der Waals surface area contributed by atoms with Crippen molar-refractivity contribution in [1.82, 2.24) is 0 Å². The first-order chi connectivity index (χ1) is 38.2. The summed E-state index contributed by atoms with van der Waals surface area (Å²) in [6.07, 6.45) is -7.42. The van der Waals surface area contributed by atoms with Crippen molar-refractivity contribution >= 4 is 320 Å². The number of aryl methyl sites for hydroxylation is 7. The molecule has 0 unspecified atom stereocenters. The van der Waals surface area contributed by atoms with Gasteiger partial charge in [0, 0.05) is 191 Å². The fourth-order valence-electron chi connectivity index (χ4n) is 14.2. The maximum Gasteiger partial charge on any atom is 0.113 e. The Kier molecular flexibility index (Phi) is 20.9. The van der Waals surface area contributed by atoms with Gasteiger partial charge in [-0.25, -0.2) is 0 Å². The van der Waals surface area contributed by atoms with Crippen LogP contribution >= 0.6 is 0 Å². The van der Waals surface area contributed by atoms with E-state index in [1.165, 1.54) is 83.6 Å². The van der Waals surface area contributed by atoms with E-state index in [9.17, 15) is 0 Å². The summed E-state index contributed by atoms with van der Waals surface area (Å²) >= 11 is 0. The largest absolute Gasteiger partial charge is 0.113 e. The zero-order chi connectivity index (χ0) is 61.8. The Morgan fingerprint density at radius 3 is 1.02 bits per heavy atom. The monoisotopic (exact) mass is 997 g/mol. The van der Waals surface area contributed by atoms with Crippen molar-refractivity contribution < 1.29 is 0 Å². The number of fused-ring (bicyclic) bond motifs is 4. The molecule has 0 nitrogen and oxygen atoms in total. The average Bonchev–Trinajstić information content (AvgIpc) is 2.18. The zero-order valence-electron chi connectivity index (χ0n) is 51.1. The molecule has 0 bridgehead atoms. The van der Waals surface area contributed by atoms with Gasteiger partial charge in [-0.1, -0.05) is 27.3 Å². The van der Waals surface area contributed by atoms with Crippen molar-refractivity contribution in [2.45, 2.75) is 104 Å². The highest BCUT2D eigenvalue weighted by molar-refractivity contribution is 7.89. The summed E-state index contributed by atoms with van der Waals surface area (Å²) in [5.41, 5.74) is 23.1. The first-order valence-electron chi connectivity index (χ1n) is 28.2. The Labute approximate surface area is 525 Å². The summed E-state index contributed by atoms with van der Waals surface area (Å²) in [6.45, 7) is 27.4. The van der Waals surface area contributed by atoms with Crippen LogP contribution in [0.15, 0.2) is 0 Å². The van der Waals surface area contributed by atoms with Crippen molar-refractivity contribution in [3.8, 4) is 22.3 Å². The molecule has 0 N–H and O–H groups in total. The molecule has 340 valence electrons. The summed E-state index contributed by atoms with van der Waals surface area (Å²) in [4.78, 5) is 0. The molecule has 0 aliphatic heterocycles. The Bertz CT molecular complexity index is 3720. The molecule has 0 aliphatic rings.